The summed E-state index contributed by atoms with van der Waals surface area (Å²) in [5, 5.41) is 19.1. The molecule has 0 aliphatic rings. The number of nitrogens with one attached hydrogen (secondary N) is 1. The van der Waals surface area contributed by atoms with Gasteiger partial charge in [-0.15, -0.1) is 5.10 Å². The number of sulfonamides is 1. The fourth-order valence-electron chi connectivity index (χ4n) is 2.32. The van der Waals surface area contributed by atoms with Crippen molar-refractivity contribution in [2.45, 2.75) is 11.4 Å². The van der Waals surface area contributed by atoms with Crippen molar-refractivity contribution in [2.24, 2.45) is 0 Å². The molecule has 0 saturated carbocycles. The van der Waals surface area contributed by atoms with Gasteiger partial charge in [0, 0.05) is 31.1 Å². The van der Waals surface area contributed by atoms with Gasteiger partial charge in [0.1, 0.15) is 0 Å². The van der Waals surface area contributed by atoms with E-state index in [9.17, 15) is 23.3 Å². The molecule has 1 N–H and O–H groups in total. The highest BCUT2D eigenvalue weighted by atomic mass is 32.2. The maximum Gasteiger partial charge on any atom is 0.289 e. The molecule has 0 amide bonds. The summed E-state index contributed by atoms with van der Waals surface area (Å²) in [4.78, 5) is 21.7. The Hall–Kier alpha value is -3.38. The largest absolute Gasteiger partial charge is 0.289 e. The van der Waals surface area contributed by atoms with Gasteiger partial charge in [-0.1, -0.05) is 12.1 Å². The standard InChI is InChI=1S/C15H14N6O5S/c22-15-7-6-14(19-10-3-8-16-19)18-20(15)11-9-17-27(25,26)13-5-2-1-4-12(13)21(23)24/h1-8,10,17H,9,11H2. The number of nitrogens with zero attached hydrogens (tertiary/aromatic N) is 5. The minimum Gasteiger partial charge on any atom is -0.268 e. The van der Waals surface area contributed by atoms with E-state index < -0.39 is 31.1 Å². The lowest BCUT2D eigenvalue weighted by Crippen LogP contribution is -2.32. The molecule has 0 spiro atoms. The normalized spacial score (nSPS) is 11.4. The number of hydrogen-bond acceptors (Lipinski definition) is 7. The third kappa shape index (κ3) is 4.07. The van der Waals surface area contributed by atoms with Gasteiger partial charge < -0.3 is 0 Å². The molecule has 12 heteroatoms. The lowest BCUT2D eigenvalue weighted by molar-refractivity contribution is -0.387. The predicted octanol–water partition coefficient (Wildman–Crippen LogP) is 0.316. The molecule has 2 aromatic heterocycles. The summed E-state index contributed by atoms with van der Waals surface area (Å²) < 4.78 is 29.5. The zero-order valence-electron chi connectivity index (χ0n) is 13.8. The second kappa shape index (κ2) is 7.47. The van der Waals surface area contributed by atoms with Crippen molar-refractivity contribution in [2.75, 3.05) is 6.54 Å². The maximum atomic E-state index is 12.3. The number of para-hydroxylation sites is 1. The Morgan fingerprint density at radius 1 is 1.15 bits per heavy atom. The minimum absolute atomic E-state index is 0.0617. The zero-order chi connectivity index (χ0) is 19.4. The first kappa shape index (κ1) is 18.4. The second-order valence-electron chi connectivity index (χ2n) is 5.33. The molecule has 0 aliphatic heterocycles. The van der Waals surface area contributed by atoms with Crippen LogP contribution >= 0.6 is 0 Å². The van der Waals surface area contributed by atoms with Crippen LogP contribution in [-0.2, 0) is 16.6 Å². The first-order valence-electron chi connectivity index (χ1n) is 7.70. The van der Waals surface area contributed by atoms with Gasteiger partial charge in [0.05, 0.1) is 11.5 Å². The van der Waals surface area contributed by atoms with Crippen LogP contribution in [0.3, 0.4) is 0 Å². The van der Waals surface area contributed by atoms with Gasteiger partial charge in [0.2, 0.25) is 10.0 Å². The van der Waals surface area contributed by atoms with Crippen LogP contribution in [0, 0.1) is 10.1 Å². The molecule has 11 nitrogen and oxygen atoms in total. The Bertz CT molecular complexity index is 1120. The Morgan fingerprint density at radius 2 is 1.93 bits per heavy atom. The van der Waals surface area contributed by atoms with E-state index in [1.54, 1.807) is 18.5 Å². The number of nitro groups is 1. The second-order valence-corrected chi connectivity index (χ2v) is 7.06. The average Bonchev–Trinajstić information content (AvgIpc) is 3.18. The zero-order valence-corrected chi connectivity index (χ0v) is 14.6. The molecule has 27 heavy (non-hydrogen) atoms. The average molecular weight is 390 g/mol. The topological polar surface area (TPSA) is 142 Å². The lowest BCUT2D eigenvalue weighted by Gasteiger charge is -2.09. The summed E-state index contributed by atoms with van der Waals surface area (Å²) in [7, 11) is -4.12. The van der Waals surface area contributed by atoms with E-state index in [4.69, 9.17) is 0 Å². The van der Waals surface area contributed by atoms with Gasteiger partial charge in [-0.2, -0.15) is 5.10 Å². The van der Waals surface area contributed by atoms with Crippen LogP contribution in [0.4, 0.5) is 5.69 Å². The molecule has 0 fully saturated rings. The van der Waals surface area contributed by atoms with E-state index in [1.165, 1.54) is 28.9 Å². The van der Waals surface area contributed by atoms with Crippen molar-refractivity contribution in [1.82, 2.24) is 24.3 Å². The highest BCUT2D eigenvalue weighted by molar-refractivity contribution is 7.89. The Balaban J connectivity index is 1.76. The van der Waals surface area contributed by atoms with Crippen molar-refractivity contribution in [3.63, 3.8) is 0 Å². The fraction of sp³-hybridized carbons (Fsp3) is 0.133. The molecule has 0 aliphatic carbocycles. The molecular formula is C15H14N6O5S. The van der Waals surface area contributed by atoms with Crippen molar-refractivity contribution in [3.8, 4) is 5.82 Å². The van der Waals surface area contributed by atoms with Gasteiger partial charge in [-0.25, -0.2) is 22.5 Å². The van der Waals surface area contributed by atoms with E-state index in [1.807, 2.05) is 0 Å². The molecule has 0 radical (unpaired) electrons. The molecule has 0 saturated heterocycles. The first-order chi connectivity index (χ1) is 12.9. The first-order valence-corrected chi connectivity index (χ1v) is 9.18. The van der Waals surface area contributed by atoms with Gasteiger partial charge in [-0.3, -0.25) is 14.9 Å². The Morgan fingerprint density at radius 3 is 2.63 bits per heavy atom. The predicted molar refractivity (Wildman–Crippen MR) is 93.9 cm³/mol. The smallest absolute Gasteiger partial charge is 0.268 e. The lowest BCUT2D eigenvalue weighted by atomic mass is 10.3. The van der Waals surface area contributed by atoms with Crippen molar-refractivity contribution in [3.05, 3.63) is 75.3 Å². The fourth-order valence-corrected chi connectivity index (χ4v) is 3.51. The van der Waals surface area contributed by atoms with Crippen molar-refractivity contribution < 1.29 is 13.3 Å². The van der Waals surface area contributed by atoms with Crippen LogP contribution in [0.25, 0.3) is 5.82 Å². The van der Waals surface area contributed by atoms with Crippen LogP contribution in [-0.4, -0.2) is 39.4 Å². The van der Waals surface area contributed by atoms with Crippen LogP contribution in [0.5, 0.6) is 0 Å². The molecular weight excluding hydrogens is 376 g/mol. The Labute approximate surface area is 153 Å². The van der Waals surface area contributed by atoms with Gasteiger partial charge in [-0.05, 0) is 18.2 Å². The summed E-state index contributed by atoms with van der Waals surface area (Å²) >= 11 is 0. The number of nitro benzene ring substituents is 1. The van der Waals surface area contributed by atoms with E-state index >= 15 is 0 Å². The van der Waals surface area contributed by atoms with E-state index in [0.717, 1.165) is 16.8 Å². The molecule has 0 bridgehead atoms. The van der Waals surface area contributed by atoms with Gasteiger partial charge in [0.15, 0.2) is 10.7 Å². The van der Waals surface area contributed by atoms with Crippen molar-refractivity contribution >= 4 is 15.7 Å². The molecule has 2 heterocycles. The van der Waals surface area contributed by atoms with Gasteiger partial charge >= 0.3 is 0 Å². The minimum atomic E-state index is -4.12. The third-order valence-electron chi connectivity index (χ3n) is 3.56. The van der Waals surface area contributed by atoms with Crippen molar-refractivity contribution in [1.29, 1.82) is 0 Å². The third-order valence-corrected chi connectivity index (χ3v) is 5.07. The summed E-state index contributed by atoms with van der Waals surface area (Å²) in [5.41, 5.74) is -0.947. The molecule has 0 unspecified atom stereocenters. The Kier molecular flexibility index (Phi) is 5.09. The summed E-state index contributed by atoms with van der Waals surface area (Å²) in [6.45, 7) is -0.238. The summed E-state index contributed by atoms with van der Waals surface area (Å²) in [6.07, 6.45) is 3.20. The quantitative estimate of drug-likeness (QED) is 0.452. The number of hydrogen-bond donors (Lipinski definition) is 1. The SMILES string of the molecule is O=c1ccc(-n2cccn2)nn1CCNS(=O)(=O)c1ccccc1[N+](=O)[O-]. The maximum absolute atomic E-state index is 12.3. The molecule has 3 rings (SSSR count). The molecule has 0 atom stereocenters. The van der Waals surface area contributed by atoms with Crippen LogP contribution < -0.4 is 10.3 Å². The highest BCUT2D eigenvalue weighted by Gasteiger charge is 2.24. The number of aromatic nitrogens is 4. The monoisotopic (exact) mass is 390 g/mol. The number of benzene rings is 1. The summed E-state index contributed by atoms with van der Waals surface area (Å²) in [5.74, 6) is 0.390. The van der Waals surface area contributed by atoms with Gasteiger partial charge in [0.25, 0.3) is 11.2 Å². The summed E-state index contributed by atoms with van der Waals surface area (Å²) in [6, 6.07) is 9.49. The van der Waals surface area contributed by atoms with E-state index in [0.29, 0.717) is 5.82 Å². The van der Waals surface area contributed by atoms with Crippen LogP contribution in [0.2, 0.25) is 0 Å². The molecule has 140 valence electrons. The highest BCUT2D eigenvalue weighted by Crippen LogP contribution is 2.22. The molecule has 1 aromatic carbocycles. The van der Waals surface area contributed by atoms with E-state index in [2.05, 4.69) is 14.9 Å². The van der Waals surface area contributed by atoms with Crippen LogP contribution in [0.1, 0.15) is 0 Å². The van der Waals surface area contributed by atoms with Crippen LogP contribution in [0.15, 0.2) is 64.5 Å². The number of rotatable bonds is 7. The molecule has 3 aromatic rings. The van der Waals surface area contributed by atoms with E-state index in [-0.39, 0.29) is 13.1 Å².